The zero-order valence-electron chi connectivity index (χ0n) is 16.4. The smallest absolute Gasteiger partial charge is 0.406 e. The predicted molar refractivity (Wildman–Crippen MR) is 104 cm³/mol. The standard InChI is InChI=1S/C22H26F3NO2/c1-4-5-6-20(17-7-9-19(10-8-17)28-22(23,24)25)26-14-21(27)18-12-15(2)11-16(3)13-18/h7-13,20,26H,4-6,14H2,1-3H3. The van der Waals surface area contributed by atoms with E-state index >= 15 is 0 Å². The van der Waals surface area contributed by atoms with Gasteiger partial charge in [0.1, 0.15) is 5.75 Å². The van der Waals surface area contributed by atoms with Crippen LogP contribution in [0.1, 0.15) is 59.3 Å². The Morgan fingerprint density at radius 1 is 1.07 bits per heavy atom. The van der Waals surface area contributed by atoms with Crippen molar-refractivity contribution in [3.8, 4) is 5.75 Å². The van der Waals surface area contributed by atoms with E-state index in [4.69, 9.17) is 0 Å². The molecular formula is C22H26F3NO2. The third-order valence-corrected chi connectivity index (χ3v) is 4.42. The molecule has 0 saturated heterocycles. The van der Waals surface area contributed by atoms with E-state index in [1.807, 2.05) is 32.0 Å². The van der Waals surface area contributed by atoms with Gasteiger partial charge in [-0.2, -0.15) is 0 Å². The molecule has 152 valence electrons. The normalized spacial score (nSPS) is 12.6. The molecule has 0 aliphatic rings. The zero-order valence-corrected chi connectivity index (χ0v) is 16.4. The molecule has 1 N–H and O–H groups in total. The molecule has 0 spiro atoms. The monoisotopic (exact) mass is 393 g/mol. The van der Waals surface area contributed by atoms with Gasteiger partial charge >= 0.3 is 6.36 Å². The maximum Gasteiger partial charge on any atom is 0.573 e. The first kappa shape index (κ1) is 22.0. The van der Waals surface area contributed by atoms with Crippen molar-refractivity contribution in [2.24, 2.45) is 0 Å². The lowest BCUT2D eigenvalue weighted by atomic mass is 10.00. The average molecular weight is 393 g/mol. The Bertz CT molecular complexity index is 765. The van der Waals surface area contributed by atoms with E-state index in [9.17, 15) is 18.0 Å². The van der Waals surface area contributed by atoms with Crippen molar-refractivity contribution in [1.82, 2.24) is 5.32 Å². The van der Waals surface area contributed by atoms with Crippen molar-refractivity contribution in [2.45, 2.75) is 52.4 Å². The van der Waals surface area contributed by atoms with Crippen LogP contribution in [0.25, 0.3) is 0 Å². The van der Waals surface area contributed by atoms with Crippen molar-refractivity contribution >= 4 is 5.78 Å². The molecule has 1 atom stereocenters. The van der Waals surface area contributed by atoms with Gasteiger partial charge in [-0.05, 0) is 50.1 Å². The number of ether oxygens (including phenoxy) is 1. The molecule has 2 aromatic carbocycles. The van der Waals surface area contributed by atoms with Crippen LogP contribution in [0, 0.1) is 13.8 Å². The number of Topliss-reactive ketones (excluding diaryl/α,β-unsaturated/α-hetero) is 1. The number of unbranched alkanes of at least 4 members (excludes halogenated alkanes) is 1. The summed E-state index contributed by atoms with van der Waals surface area (Å²) in [6, 6.07) is 11.4. The van der Waals surface area contributed by atoms with Crippen molar-refractivity contribution < 1.29 is 22.7 Å². The number of halogens is 3. The molecule has 3 nitrogen and oxygen atoms in total. The first-order chi connectivity index (χ1) is 13.2. The van der Waals surface area contributed by atoms with E-state index in [1.165, 1.54) is 12.1 Å². The summed E-state index contributed by atoms with van der Waals surface area (Å²) in [7, 11) is 0. The second-order valence-corrected chi connectivity index (χ2v) is 6.99. The molecule has 2 aromatic rings. The van der Waals surface area contributed by atoms with E-state index in [0.717, 1.165) is 36.0 Å². The van der Waals surface area contributed by atoms with Gasteiger partial charge in [0, 0.05) is 11.6 Å². The van der Waals surface area contributed by atoms with Gasteiger partial charge in [0.15, 0.2) is 5.78 Å². The summed E-state index contributed by atoms with van der Waals surface area (Å²) in [6.45, 7) is 6.13. The molecule has 0 saturated carbocycles. The van der Waals surface area contributed by atoms with Gasteiger partial charge in [0.05, 0.1) is 6.54 Å². The second-order valence-electron chi connectivity index (χ2n) is 6.99. The Morgan fingerprint density at radius 2 is 1.68 bits per heavy atom. The van der Waals surface area contributed by atoms with Crippen LogP contribution >= 0.6 is 0 Å². The van der Waals surface area contributed by atoms with Gasteiger partial charge in [0.25, 0.3) is 0 Å². The lowest BCUT2D eigenvalue weighted by Gasteiger charge is -2.19. The summed E-state index contributed by atoms with van der Waals surface area (Å²) in [5.74, 6) is -0.262. The largest absolute Gasteiger partial charge is 0.573 e. The minimum Gasteiger partial charge on any atom is -0.406 e. The summed E-state index contributed by atoms with van der Waals surface area (Å²) in [5, 5.41) is 3.26. The fraction of sp³-hybridized carbons (Fsp3) is 0.409. The summed E-state index contributed by atoms with van der Waals surface area (Å²) in [6.07, 6.45) is -2.00. The van der Waals surface area contributed by atoms with Gasteiger partial charge in [-0.1, -0.05) is 49.1 Å². The molecule has 0 fully saturated rings. The van der Waals surface area contributed by atoms with Crippen molar-refractivity contribution in [3.05, 3.63) is 64.7 Å². The van der Waals surface area contributed by atoms with E-state index in [-0.39, 0.29) is 24.1 Å². The maximum atomic E-state index is 12.6. The highest BCUT2D eigenvalue weighted by atomic mass is 19.4. The Morgan fingerprint density at radius 3 is 2.21 bits per heavy atom. The van der Waals surface area contributed by atoms with Crippen molar-refractivity contribution in [1.29, 1.82) is 0 Å². The molecule has 0 bridgehead atoms. The molecule has 0 amide bonds. The maximum absolute atomic E-state index is 12.6. The number of alkyl halides is 3. The number of hydrogen-bond donors (Lipinski definition) is 1. The second kappa shape index (κ2) is 9.73. The zero-order chi connectivity index (χ0) is 20.7. The van der Waals surface area contributed by atoms with Crippen LogP contribution in [0.5, 0.6) is 5.75 Å². The quantitative estimate of drug-likeness (QED) is 0.539. The molecule has 0 aromatic heterocycles. The molecular weight excluding hydrogens is 367 g/mol. The first-order valence-electron chi connectivity index (χ1n) is 9.38. The first-order valence-corrected chi connectivity index (χ1v) is 9.38. The predicted octanol–water partition coefficient (Wildman–Crippen LogP) is 5.91. The highest BCUT2D eigenvalue weighted by molar-refractivity contribution is 5.98. The van der Waals surface area contributed by atoms with Crippen molar-refractivity contribution in [3.63, 3.8) is 0 Å². The summed E-state index contributed by atoms with van der Waals surface area (Å²) in [5.41, 5.74) is 3.56. The number of ketones is 1. The number of aryl methyl sites for hydroxylation is 2. The fourth-order valence-electron chi connectivity index (χ4n) is 3.15. The molecule has 0 radical (unpaired) electrons. The minimum absolute atomic E-state index is 0.00896. The molecule has 0 heterocycles. The Hall–Kier alpha value is -2.34. The van der Waals surface area contributed by atoms with Crippen LogP contribution in [-0.4, -0.2) is 18.7 Å². The van der Waals surface area contributed by atoms with Crippen LogP contribution in [0.2, 0.25) is 0 Å². The van der Waals surface area contributed by atoms with E-state index in [0.29, 0.717) is 5.56 Å². The highest BCUT2D eigenvalue weighted by Crippen LogP contribution is 2.26. The molecule has 0 aliphatic carbocycles. The minimum atomic E-state index is -4.71. The SMILES string of the molecule is CCCCC(NCC(=O)c1cc(C)cc(C)c1)c1ccc(OC(F)(F)F)cc1. The molecule has 0 aliphatic heterocycles. The lowest BCUT2D eigenvalue weighted by molar-refractivity contribution is -0.274. The van der Waals surface area contributed by atoms with Gasteiger partial charge < -0.3 is 10.1 Å². The number of hydrogen-bond acceptors (Lipinski definition) is 3. The summed E-state index contributed by atoms with van der Waals surface area (Å²) < 4.78 is 40.9. The number of rotatable bonds is 9. The van der Waals surface area contributed by atoms with Gasteiger partial charge in [0.2, 0.25) is 0 Å². The van der Waals surface area contributed by atoms with Gasteiger partial charge in [-0.25, -0.2) is 0 Å². The van der Waals surface area contributed by atoms with Crippen LogP contribution in [-0.2, 0) is 0 Å². The Kier molecular flexibility index (Phi) is 7.63. The molecule has 28 heavy (non-hydrogen) atoms. The van der Waals surface area contributed by atoms with E-state index in [2.05, 4.69) is 17.0 Å². The molecule has 6 heteroatoms. The number of nitrogens with one attached hydrogen (secondary N) is 1. The average Bonchev–Trinajstić information content (AvgIpc) is 2.60. The highest BCUT2D eigenvalue weighted by Gasteiger charge is 2.31. The Balaban J connectivity index is 2.07. The van der Waals surface area contributed by atoms with E-state index in [1.54, 1.807) is 12.1 Å². The van der Waals surface area contributed by atoms with Crippen LogP contribution in [0.3, 0.4) is 0 Å². The van der Waals surface area contributed by atoms with Crippen LogP contribution < -0.4 is 10.1 Å². The van der Waals surface area contributed by atoms with Gasteiger partial charge in [-0.3, -0.25) is 4.79 Å². The van der Waals surface area contributed by atoms with Gasteiger partial charge in [-0.15, -0.1) is 13.2 Å². The van der Waals surface area contributed by atoms with Crippen LogP contribution in [0.15, 0.2) is 42.5 Å². The topological polar surface area (TPSA) is 38.3 Å². The fourth-order valence-corrected chi connectivity index (χ4v) is 3.15. The number of benzene rings is 2. The molecule has 1 unspecified atom stereocenters. The Labute approximate surface area is 163 Å². The lowest BCUT2D eigenvalue weighted by Crippen LogP contribution is -2.28. The number of carbonyl (C=O) groups is 1. The molecule has 2 rings (SSSR count). The third-order valence-electron chi connectivity index (χ3n) is 4.42. The third kappa shape index (κ3) is 7.00. The van der Waals surface area contributed by atoms with Crippen LogP contribution in [0.4, 0.5) is 13.2 Å². The number of carbonyl (C=O) groups excluding carboxylic acids is 1. The van der Waals surface area contributed by atoms with Crippen molar-refractivity contribution in [2.75, 3.05) is 6.54 Å². The van der Waals surface area contributed by atoms with E-state index < -0.39 is 6.36 Å². The summed E-state index contributed by atoms with van der Waals surface area (Å²) >= 11 is 0. The summed E-state index contributed by atoms with van der Waals surface area (Å²) in [4.78, 5) is 12.6.